The Balaban J connectivity index is 1.36. The molecule has 0 aliphatic heterocycles. The first-order chi connectivity index (χ1) is 20.9. The molecule has 1 fully saturated rings. The molecule has 0 saturated heterocycles. The van der Waals surface area contributed by atoms with E-state index in [4.69, 9.17) is 0 Å². The highest BCUT2D eigenvalue weighted by Gasteiger charge is 2.53. The molecule has 2 aromatic heterocycles. The van der Waals surface area contributed by atoms with Gasteiger partial charge in [-0.05, 0) is 72.6 Å². The van der Waals surface area contributed by atoms with Crippen molar-refractivity contribution >= 4 is 11.8 Å². The number of rotatable bonds is 8. The van der Waals surface area contributed by atoms with E-state index in [0.29, 0.717) is 35.7 Å². The zero-order chi connectivity index (χ0) is 31.3. The first-order valence-corrected chi connectivity index (χ1v) is 13.8. The average Bonchev–Trinajstić information content (AvgIpc) is 3.48. The van der Waals surface area contributed by atoms with Crippen molar-refractivity contribution in [3.63, 3.8) is 0 Å². The fourth-order valence-corrected chi connectivity index (χ4v) is 6.03. The van der Waals surface area contributed by atoms with Crippen molar-refractivity contribution in [2.45, 2.75) is 43.9 Å². The maximum Gasteiger partial charge on any atom is 0.435 e. The smallest absolute Gasteiger partial charge is 0.355 e. The van der Waals surface area contributed by atoms with E-state index < -0.39 is 53.7 Å². The maximum absolute atomic E-state index is 14.4. The number of carbonyl (C=O) groups is 2. The Labute approximate surface area is 247 Å². The molecule has 4 aromatic rings. The van der Waals surface area contributed by atoms with Crippen LogP contribution < -0.4 is 10.6 Å². The molecule has 2 aliphatic carbocycles. The van der Waals surface area contributed by atoms with Crippen molar-refractivity contribution in [3.8, 4) is 11.1 Å². The number of nitrogens with zero attached hydrogens (tertiary/aromatic N) is 3. The number of carbonyl (C=O) groups excluding carboxylic acids is 2. The highest BCUT2D eigenvalue weighted by atomic mass is 19.4. The van der Waals surface area contributed by atoms with Gasteiger partial charge in [0.15, 0.2) is 5.69 Å². The summed E-state index contributed by atoms with van der Waals surface area (Å²) in [5, 5.41) is 8.88. The molecular weight excluding hydrogens is 588 g/mol. The Morgan fingerprint density at radius 1 is 1.07 bits per heavy atom. The molecule has 2 heterocycles. The zero-order valence-electron chi connectivity index (χ0n) is 23.2. The van der Waals surface area contributed by atoms with Gasteiger partial charge in [0, 0.05) is 36.1 Å². The van der Waals surface area contributed by atoms with Gasteiger partial charge in [0.05, 0.1) is 17.3 Å². The second-order valence-corrected chi connectivity index (χ2v) is 11.0. The highest BCUT2D eigenvalue weighted by Crippen LogP contribution is 2.59. The van der Waals surface area contributed by atoms with Gasteiger partial charge in [-0.1, -0.05) is 12.1 Å². The molecule has 2 aliphatic rings. The van der Waals surface area contributed by atoms with Crippen molar-refractivity contribution in [1.82, 2.24) is 25.4 Å². The molecular formula is C31H25F6N5O2. The number of alkyl halides is 3. The van der Waals surface area contributed by atoms with Crippen LogP contribution in [0.4, 0.5) is 26.3 Å². The fraction of sp³-hybridized carbons (Fsp3) is 0.290. The van der Waals surface area contributed by atoms with Crippen LogP contribution in [0.1, 0.15) is 56.9 Å². The molecule has 228 valence electrons. The van der Waals surface area contributed by atoms with E-state index in [1.807, 2.05) is 0 Å². The lowest BCUT2D eigenvalue weighted by molar-refractivity contribution is -0.142. The summed E-state index contributed by atoms with van der Waals surface area (Å²) in [5.41, 5.74) is 0.472. The number of hydrogen-bond acceptors (Lipinski definition) is 4. The van der Waals surface area contributed by atoms with Gasteiger partial charge in [-0.3, -0.25) is 19.3 Å². The van der Waals surface area contributed by atoms with E-state index in [0.717, 1.165) is 22.9 Å². The lowest BCUT2D eigenvalue weighted by atomic mass is 9.94. The second kappa shape index (κ2) is 11.1. The molecule has 44 heavy (non-hydrogen) atoms. The van der Waals surface area contributed by atoms with Gasteiger partial charge in [0.25, 0.3) is 5.91 Å². The fourth-order valence-electron chi connectivity index (χ4n) is 6.03. The summed E-state index contributed by atoms with van der Waals surface area (Å²) in [6.45, 7) is -0.522. The molecule has 2 N–H and O–H groups in total. The van der Waals surface area contributed by atoms with Crippen molar-refractivity contribution in [2.24, 2.45) is 5.92 Å². The molecule has 3 atom stereocenters. The van der Waals surface area contributed by atoms with Crippen molar-refractivity contribution in [2.75, 3.05) is 7.05 Å². The monoisotopic (exact) mass is 613 g/mol. The SMILES string of the molecule is CNC(=O)c1cc(-c2cccnc2[C@H](Cc2cc(F)cc(F)c2)NC(=O)Cn2nc(C(F)(F)F)c3c2C[C@H]2C[C@@H]32)ccc1F. The third-order valence-electron chi connectivity index (χ3n) is 8.02. The van der Waals surface area contributed by atoms with Crippen LogP contribution in [0.2, 0.25) is 0 Å². The van der Waals surface area contributed by atoms with Crippen molar-refractivity contribution in [3.05, 3.63) is 106 Å². The first kappa shape index (κ1) is 29.4. The summed E-state index contributed by atoms with van der Waals surface area (Å²) in [6, 6.07) is 8.88. The Morgan fingerprint density at radius 3 is 2.52 bits per heavy atom. The zero-order valence-corrected chi connectivity index (χ0v) is 23.2. The number of aromatic nitrogens is 3. The Morgan fingerprint density at radius 2 is 1.82 bits per heavy atom. The van der Waals surface area contributed by atoms with Crippen molar-refractivity contribution < 1.29 is 35.9 Å². The summed E-state index contributed by atoms with van der Waals surface area (Å²) >= 11 is 0. The van der Waals surface area contributed by atoms with Crippen LogP contribution >= 0.6 is 0 Å². The van der Waals surface area contributed by atoms with Gasteiger partial charge in [0.2, 0.25) is 5.91 Å². The highest BCUT2D eigenvalue weighted by molar-refractivity contribution is 5.95. The van der Waals surface area contributed by atoms with Crippen LogP contribution in [-0.2, 0) is 30.4 Å². The molecule has 0 unspecified atom stereocenters. The number of nitrogens with one attached hydrogen (secondary N) is 2. The minimum atomic E-state index is -4.67. The first-order valence-electron chi connectivity index (χ1n) is 13.8. The quantitative estimate of drug-likeness (QED) is 0.257. The molecule has 13 heteroatoms. The summed E-state index contributed by atoms with van der Waals surface area (Å²) in [6.07, 6.45) is -2.34. The summed E-state index contributed by atoms with van der Waals surface area (Å²) in [7, 11) is 1.35. The number of amides is 2. The van der Waals surface area contributed by atoms with Gasteiger partial charge in [-0.15, -0.1) is 0 Å². The molecule has 2 aromatic carbocycles. The molecule has 0 spiro atoms. The van der Waals surface area contributed by atoms with Crippen LogP contribution in [0.25, 0.3) is 11.1 Å². The minimum Gasteiger partial charge on any atom is -0.355 e. The third-order valence-corrected chi connectivity index (χ3v) is 8.02. The summed E-state index contributed by atoms with van der Waals surface area (Å²) < 4.78 is 85.0. The van der Waals surface area contributed by atoms with Crippen LogP contribution in [0, 0.1) is 23.4 Å². The van der Waals surface area contributed by atoms with E-state index in [2.05, 4.69) is 20.7 Å². The minimum absolute atomic E-state index is 0.112. The number of benzene rings is 2. The lowest BCUT2D eigenvalue weighted by Gasteiger charge is -2.22. The normalized spacial score (nSPS) is 17.5. The molecule has 7 nitrogen and oxygen atoms in total. The predicted octanol–water partition coefficient (Wildman–Crippen LogP) is 5.50. The number of halogens is 6. The maximum atomic E-state index is 14.4. The standard InChI is InChI=1S/C31H25F6N5O2/c1-38-30(44)22-10-16(4-5-23(22)34)20-3-2-6-39-28(20)24(9-15-7-18(32)13-19(33)8-15)40-26(43)14-42-25-12-17-11-21(17)27(25)29(41-42)31(35,36)37/h2-8,10,13,17,21,24H,9,11-12,14H2,1H3,(H,38,44)(H,40,43)/t17-,21-,24+/m1/s1. The second-order valence-electron chi connectivity index (χ2n) is 11.0. The average molecular weight is 614 g/mol. The van der Waals surface area contributed by atoms with Crippen LogP contribution in [-0.4, -0.2) is 33.6 Å². The topological polar surface area (TPSA) is 88.9 Å². The van der Waals surface area contributed by atoms with Gasteiger partial charge in [0.1, 0.15) is 24.0 Å². The van der Waals surface area contributed by atoms with Crippen molar-refractivity contribution in [1.29, 1.82) is 0 Å². The number of hydrogen-bond donors (Lipinski definition) is 2. The van der Waals surface area contributed by atoms with Gasteiger partial charge >= 0.3 is 6.18 Å². The third kappa shape index (κ3) is 5.65. The van der Waals surface area contributed by atoms with E-state index in [9.17, 15) is 35.9 Å². The van der Waals surface area contributed by atoms with Gasteiger partial charge in [-0.2, -0.15) is 18.3 Å². The molecule has 2 amide bonds. The molecule has 0 bridgehead atoms. The Hall–Kier alpha value is -4.68. The van der Waals surface area contributed by atoms with Crippen LogP contribution in [0.3, 0.4) is 0 Å². The summed E-state index contributed by atoms with van der Waals surface area (Å²) in [5.74, 6) is -3.91. The summed E-state index contributed by atoms with van der Waals surface area (Å²) in [4.78, 5) is 30.1. The van der Waals surface area contributed by atoms with E-state index in [1.54, 1.807) is 12.1 Å². The Bertz CT molecular complexity index is 1770. The van der Waals surface area contributed by atoms with Crippen LogP contribution in [0.5, 0.6) is 0 Å². The number of fused-ring (bicyclic) bond motifs is 3. The van der Waals surface area contributed by atoms with E-state index in [-0.39, 0.29) is 40.6 Å². The van der Waals surface area contributed by atoms with Gasteiger partial charge in [-0.25, -0.2) is 13.2 Å². The molecule has 6 rings (SSSR count). The van der Waals surface area contributed by atoms with Crippen LogP contribution in [0.15, 0.2) is 54.7 Å². The molecule has 1 saturated carbocycles. The van der Waals surface area contributed by atoms with Gasteiger partial charge < -0.3 is 10.6 Å². The predicted molar refractivity (Wildman–Crippen MR) is 146 cm³/mol. The van der Waals surface area contributed by atoms with E-state index >= 15 is 0 Å². The number of pyridine rings is 1. The molecule has 0 radical (unpaired) electrons. The Kier molecular flexibility index (Phi) is 7.42. The van der Waals surface area contributed by atoms with E-state index in [1.165, 1.54) is 25.4 Å². The lowest BCUT2D eigenvalue weighted by Crippen LogP contribution is -2.34. The largest absolute Gasteiger partial charge is 0.435 e.